The summed E-state index contributed by atoms with van der Waals surface area (Å²) < 4.78 is 45.8. The van der Waals surface area contributed by atoms with Crippen LogP contribution in [0.25, 0.3) is 0 Å². The van der Waals surface area contributed by atoms with Crippen LogP contribution >= 0.6 is 11.8 Å². The van der Waals surface area contributed by atoms with Crippen molar-refractivity contribution in [3.8, 4) is 0 Å². The highest BCUT2D eigenvalue weighted by Gasteiger charge is 2.43. The van der Waals surface area contributed by atoms with Crippen LogP contribution in [-0.2, 0) is 10.5 Å². The van der Waals surface area contributed by atoms with Gasteiger partial charge in [-0.1, -0.05) is 18.2 Å². The minimum absolute atomic E-state index is 0.0717. The molecule has 2 amide bonds. The van der Waals surface area contributed by atoms with Crippen molar-refractivity contribution >= 4 is 17.8 Å². The molecule has 3 N–H and O–H groups in total. The molecule has 1 aliphatic heterocycles. The molecule has 0 saturated carbocycles. The number of hydrogen-bond donors (Lipinski definition) is 2. The number of ether oxygens (including phenoxy) is 1. The van der Waals surface area contributed by atoms with Crippen molar-refractivity contribution < 1.29 is 22.7 Å². The third kappa shape index (κ3) is 5.47. The number of urea groups is 1. The van der Waals surface area contributed by atoms with Crippen LogP contribution < -0.4 is 11.1 Å². The molecule has 1 heterocycles. The average molecular weight is 440 g/mol. The summed E-state index contributed by atoms with van der Waals surface area (Å²) in [6.07, 6.45) is 0. The van der Waals surface area contributed by atoms with Crippen molar-refractivity contribution in [3.63, 3.8) is 0 Å². The molecule has 30 heavy (non-hydrogen) atoms. The van der Waals surface area contributed by atoms with Gasteiger partial charge in [0.05, 0.1) is 18.7 Å². The van der Waals surface area contributed by atoms with Gasteiger partial charge in [-0.2, -0.15) is 11.8 Å². The van der Waals surface area contributed by atoms with Crippen LogP contribution in [0.5, 0.6) is 0 Å². The standard InChI is InChI=1S/C21H24F3N3O2S/c1-29-9-8-27-11-18(30-12-13-2-5-15(22)6-3-13)19(26-21(25)28)20(27)14-4-7-16(23)17(24)10-14/h2-7,10,18-20H,8-9,11-12H2,1H3,(H3,25,26,28)/t18-,19-,20?/m1/s1. The summed E-state index contributed by atoms with van der Waals surface area (Å²) in [5.74, 6) is -1.58. The summed E-state index contributed by atoms with van der Waals surface area (Å²) >= 11 is 1.59. The molecule has 0 aliphatic carbocycles. The lowest BCUT2D eigenvalue weighted by Crippen LogP contribution is -2.46. The summed E-state index contributed by atoms with van der Waals surface area (Å²) in [6.45, 7) is 1.58. The Kier molecular flexibility index (Phi) is 7.63. The number of hydrogen-bond acceptors (Lipinski definition) is 4. The van der Waals surface area contributed by atoms with Gasteiger partial charge in [-0.25, -0.2) is 18.0 Å². The molecule has 2 aromatic rings. The van der Waals surface area contributed by atoms with Gasteiger partial charge in [-0.05, 0) is 35.4 Å². The normalized spacial score (nSPS) is 21.7. The van der Waals surface area contributed by atoms with Gasteiger partial charge in [-0.15, -0.1) is 0 Å². The maximum absolute atomic E-state index is 13.9. The molecular formula is C21H24F3N3O2S. The van der Waals surface area contributed by atoms with Gasteiger partial charge >= 0.3 is 6.03 Å². The molecule has 0 spiro atoms. The molecule has 162 valence electrons. The number of likely N-dealkylation sites (tertiary alicyclic amines) is 1. The van der Waals surface area contributed by atoms with E-state index in [1.165, 1.54) is 18.2 Å². The second kappa shape index (κ2) is 10.2. The number of primary amides is 1. The first-order valence-electron chi connectivity index (χ1n) is 9.49. The fourth-order valence-electron chi connectivity index (χ4n) is 3.72. The minimum atomic E-state index is -0.945. The van der Waals surface area contributed by atoms with Crippen molar-refractivity contribution in [2.24, 2.45) is 5.73 Å². The zero-order valence-corrected chi connectivity index (χ0v) is 17.3. The number of nitrogens with one attached hydrogen (secondary N) is 1. The number of rotatable bonds is 8. The topological polar surface area (TPSA) is 67.6 Å². The quantitative estimate of drug-likeness (QED) is 0.661. The Labute approximate surface area is 177 Å². The fraction of sp³-hybridized carbons (Fsp3) is 0.381. The van der Waals surface area contributed by atoms with E-state index in [4.69, 9.17) is 10.5 Å². The minimum Gasteiger partial charge on any atom is -0.383 e. The predicted octanol–water partition coefficient (Wildman–Crippen LogP) is 3.45. The number of methoxy groups -OCH3 is 1. The number of halogens is 3. The molecule has 9 heteroatoms. The lowest BCUT2D eigenvalue weighted by molar-refractivity contribution is 0.137. The Morgan fingerprint density at radius 3 is 2.57 bits per heavy atom. The zero-order chi connectivity index (χ0) is 21.7. The number of carbonyl (C=O) groups excluding carboxylic acids is 1. The largest absolute Gasteiger partial charge is 0.383 e. The van der Waals surface area contributed by atoms with Crippen LogP contribution in [0, 0.1) is 17.5 Å². The number of benzene rings is 2. The van der Waals surface area contributed by atoms with E-state index < -0.39 is 29.7 Å². The van der Waals surface area contributed by atoms with Crippen LogP contribution in [0.4, 0.5) is 18.0 Å². The molecule has 5 nitrogen and oxygen atoms in total. The highest BCUT2D eigenvalue weighted by atomic mass is 32.2. The second-order valence-electron chi connectivity index (χ2n) is 7.12. The molecular weight excluding hydrogens is 415 g/mol. The van der Waals surface area contributed by atoms with Crippen LogP contribution in [0.3, 0.4) is 0 Å². The molecule has 1 aliphatic rings. The van der Waals surface area contributed by atoms with Gasteiger partial charge in [0.2, 0.25) is 0 Å². The fourth-order valence-corrected chi connectivity index (χ4v) is 5.04. The Balaban J connectivity index is 1.86. The number of carbonyl (C=O) groups is 1. The second-order valence-corrected chi connectivity index (χ2v) is 8.34. The van der Waals surface area contributed by atoms with E-state index in [-0.39, 0.29) is 11.1 Å². The summed E-state index contributed by atoms with van der Waals surface area (Å²) in [7, 11) is 1.59. The molecule has 3 atom stereocenters. The van der Waals surface area contributed by atoms with Crippen molar-refractivity contribution in [3.05, 3.63) is 71.0 Å². The molecule has 3 rings (SSSR count). The molecule has 1 saturated heterocycles. The third-order valence-electron chi connectivity index (χ3n) is 5.10. The number of nitrogens with zero attached hydrogens (tertiary/aromatic N) is 1. The number of nitrogens with two attached hydrogens (primary N) is 1. The first-order chi connectivity index (χ1) is 14.4. The van der Waals surface area contributed by atoms with E-state index in [0.717, 1.165) is 17.7 Å². The van der Waals surface area contributed by atoms with Gasteiger partial charge in [0, 0.05) is 31.2 Å². The first-order valence-corrected chi connectivity index (χ1v) is 10.5. The van der Waals surface area contributed by atoms with Gasteiger partial charge in [0.25, 0.3) is 0 Å². The van der Waals surface area contributed by atoms with E-state index in [1.54, 1.807) is 31.0 Å². The molecule has 0 bridgehead atoms. The van der Waals surface area contributed by atoms with Crippen molar-refractivity contribution in [2.75, 3.05) is 26.8 Å². The molecule has 0 aromatic heterocycles. The zero-order valence-electron chi connectivity index (χ0n) is 16.5. The summed E-state index contributed by atoms with van der Waals surface area (Å²) in [4.78, 5) is 13.8. The SMILES string of the molecule is COCCN1C[C@@H](SCc2ccc(F)cc2)[C@@H](NC(N)=O)C1c1ccc(F)c(F)c1. The number of thioether (sulfide) groups is 1. The molecule has 2 aromatic carbocycles. The lowest BCUT2D eigenvalue weighted by atomic mass is 9.99. The van der Waals surface area contributed by atoms with Gasteiger partial charge in [0.15, 0.2) is 11.6 Å². The van der Waals surface area contributed by atoms with Crippen LogP contribution in [0.1, 0.15) is 17.2 Å². The summed E-state index contributed by atoms with van der Waals surface area (Å²) in [6, 6.07) is 8.48. The monoisotopic (exact) mass is 439 g/mol. The van der Waals surface area contributed by atoms with Crippen molar-refractivity contribution in [2.45, 2.75) is 23.1 Å². The Morgan fingerprint density at radius 2 is 1.93 bits per heavy atom. The van der Waals surface area contributed by atoms with E-state index in [9.17, 15) is 18.0 Å². The van der Waals surface area contributed by atoms with E-state index in [1.807, 2.05) is 0 Å². The molecule has 1 fully saturated rings. The average Bonchev–Trinajstić information content (AvgIpc) is 3.04. The van der Waals surface area contributed by atoms with Crippen LogP contribution in [-0.4, -0.2) is 49.0 Å². The smallest absolute Gasteiger partial charge is 0.312 e. The Bertz CT molecular complexity index is 869. The predicted molar refractivity (Wildman–Crippen MR) is 111 cm³/mol. The third-order valence-corrected chi connectivity index (χ3v) is 6.47. The highest BCUT2D eigenvalue weighted by Crippen LogP contribution is 2.39. The maximum Gasteiger partial charge on any atom is 0.312 e. The Hall–Kier alpha value is -2.23. The summed E-state index contributed by atoms with van der Waals surface area (Å²) in [5.41, 5.74) is 6.91. The maximum atomic E-state index is 13.9. The highest BCUT2D eigenvalue weighted by molar-refractivity contribution is 7.99. The van der Waals surface area contributed by atoms with Gasteiger partial charge < -0.3 is 15.8 Å². The van der Waals surface area contributed by atoms with Gasteiger partial charge in [0.1, 0.15) is 5.82 Å². The van der Waals surface area contributed by atoms with Gasteiger partial charge in [-0.3, -0.25) is 4.90 Å². The van der Waals surface area contributed by atoms with E-state index in [0.29, 0.717) is 31.0 Å². The Morgan fingerprint density at radius 1 is 1.20 bits per heavy atom. The molecule has 0 radical (unpaired) electrons. The van der Waals surface area contributed by atoms with Crippen LogP contribution in [0.2, 0.25) is 0 Å². The summed E-state index contributed by atoms with van der Waals surface area (Å²) in [5, 5.41) is 2.71. The van der Waals surface area contributed by atoms with E-state index in [2.05, 4.69) is 10.2 Å². The van der Waals surface area contributed by atoms with Crippen LogP contribution in [0.15, 0.2) is 42.5 Å². The first kappa shape index (κ1) is 22.5. The van der Waals surface area contributed by atoms with E-state index >= 15 is 0 Å². The number of amides is 2. The lowest BCUT2D eigenvalue weighted by Gasteiger charge is -2.29. The van der Waals surface area contributed by atoms with Crippen molar-refractivity contribution in [1.29, 1.82) is 0 Å². The molecule has 1 unspecified atom stereocenters. The van der Waals surface area contributed by atoms with Crippen molar-refractivity contribution in [1.82, 2.24) is 10.2 Å².